The Bertz CT molecular complexity index is 1240. The van der Waals surface area contributed by atoms with Crippen molar-refractivity contribution in [2.75, 3.05) is 11.4 Å². The van der Waals surface area contributed by atoms with Crippen molar-refractivity contribution in [3.05, 3.63) is 35.0 Å². The minimum atomic E-state index is -0.669. The molecule has 1 fully saturated rings. The Morgan fingerprint density at radius 2 is 2.03 bits per heavy atom. The fraction of sp³-hybridized carbons (Fsp3) is 0.480. The van der Waals surface area contributed by atoms with Gasteiger partial charge in [0.05, 0.1) is 11.1 Å². The van der Waals surface area contributed by atoms with Gasteiger partial charge in [-0.2, -0.15) is 5.10 Å². The van der Waals surface area contributed by atoms with E-state index in [1.54, 1.807) is 4.90 Å². The van der Waals surface area contributed by atoms with Crippen molar-refractivity contribution < 1.29 is 9.59 Å². The SMILES string of the molecule is CC1(C)C(=O)N(CC(=O)NC2CCCC2)c2cc3c4c([nH]c3cc21)-c1n[nH]cc1CCC4. The van der Waals surface area contributed by atoms with Crippen molar-refractivity contribution in [2.45, 2.75) is 70.3 Å². The highest BCUT2D eigenvalue weighted by Gasteiger charge is 2.45. The smallest absolute Gasteiger partial charge is 0.240 e. The lowest BCUT2D eigenvalue weighted by atomic mass is 9.85. The molecule has 0 unspecified atom stereocenters. The Kier molecular flexibility index (Phi) is 4.26. The predicted octanol–water partition coefficient (Wildman–Crippen LogP) is 3.73. The third-order valence-electron chi connectivity index (χ3n) is 7.62. The minimum Gasteiger partial charge on any atom is -0.353 e. The summed E-state index contributed by atoms with van der Waals surface area (Å²) in [6.45, 7) is 3.98. The number of nitrogens with zero attached hydrogens (tertiary/aromatic N) is 2. The van der Waals surface area contributed by atoms with E-state index in [0.717, 1.165) is 78.5 Å². The number of aromatic amines is 2. The van der Waals surface area contributed by atoms with Crippen LogP contribution in [0.2, 0.25) is 0 Å². The number of nitrogens with one attached hydrogen (secondary N) is 3. The van der Waals surface area contributed by atoms with Crippen LogP contribution in [0, 0.1) is 0 Å². The summed E-state index contributed by atoms with van der Waals surface area (Å²) >= 11 is 0. The number of carbonyl (C=O) groups excluding carboxylic acids is 2. The van der Waals surface area contributed by atoms with Gasteiger partial charge in [0.1, 0.15) is 12.2 Å². The van der Waals surface area contributed by atoms with Crippen LogP contribution < -0.4 is 10.2 Å². The largest absolute Gasteiger partial charge is 0.353 e. The predicted molar refractivity (Wildman–Crippen MR) is 124 cm³/mol. The summed E-state index contributed by atoms with van der Waals surface area (Å²) in [6, 6.07) is 4.48. The van der Waals surface area contributed by atoms with Gasteiger partial charge in [0.2, 0.25) is 11.8 Å². The third kappa shape index (κ3) is 2.83. The number of aryl methyl sites for hydroxylation is 2. The van der Waals surface area contributed by atoms with Gasteiger partial charge in [-0.3, -0.25) is 14.7 Å². The van der Waals surface area contributed by atoms with Crippen LogP contribution in [-0.2, 0) is 27.8 Å². The van der Waals surface area contributed by atoms with Gasteiger partial charge in [-0.15, -0.1) is 0 Å². The molecule has 2 aromatic heterocycles. The second kappa shape index (κ2) is 6.95. The standard InChI is InChI=1S/C25H29N5O2/c1-25(2)18-11-19-17(16-9-5-6-14-12-26-29-22(14)23(16)28-19)10-20(18)30(24(25)32)13-21(31)27-15-7-3-4-8-15/h10-12,15,28H,3-9,13H2,1-2H3,(H,26,29)(H,27,31). The summed E-state index contributed by atoms with van der Waals surface area (Å²) in [6.07, 6.45) is 9.41. The van der Waals surface area contributed by atoms with E-state index >= 15 is 0 Å². The number of fused-ring (bicyclic) bond motifs is 6. The maximum Gasteiger partial charge on any atom is 0.240 e. The average Bonchev–Trinajstić information content (AvgIpc) is 3.52. The molecule has 3 aromatic rings. The first-order chi connectivity index (χ1) is 15.4. The van der Waals surface area contributed by atoms with Gasteiger partial charge in [0.25, 0.3) is 0 Å². The average molecular weight is 432 g/mol. The van der Waals surface area contributed by atoms with Crippen LogP contribution in [0.25, 0.3) is 22.3 Å². The van der Waals surface area contributed by atoms with Gasteiger partial charge in [0.15, 0.2) is 0 Å². The van der Waals surface area contributed by atoms with E-state index in [1.165, 1.54) is 11.1 Å². The van der Waals surface area contributed by atoms with Crippen LogP contribution in [0.3, 0.4) is 0 Å². The minimum absolute atomic E-state index is 0.0117. The fourth-order valence-corrected chi connectivity index (χ4v) is 5.86. The van der Waals surface area contributed by atoms with Gasteiger partial charge < -0.3 is 15.2 Å². The van der Waals surface area contributed by atoms with Crippen molar-refractivity contribution in [2.24, 2.45) is 0 Å². The zero-order chi connectivity index (χ0) is 22.0. The molecule has 0 atom stereocenters. The monoisotopic (exact) mass is 431 g/mol. The van der Waals surface area contributed by atoms with Crippen LogP contribution in [0.5, 0.6) is 0 Å². The summed E-state index contributed by atoms with van der Waals surface area (Å²) < 4.78 is 0. The molecule has 6 rings (SSSR count). The van der Waals surface area contributed by atoms with Crippen molar-refractivity contribution in [3.63, 3.8) is 0 Å². The summed E-state index contributed by atoms with van der Waals surface area (Å²) in [5.74, 6) is -0.0783. The Morgan fingerprint density at radius 1 is 1.22 bits per heavy atom. The maximum absolute atomic E-state index is 13.4. The number of H-pyrrole nitrogens is 2. The molecule has 0 radical (unpaired) electrons. The lowest BCUT2D eigenvalue weighted by Gasteiger charge is -2.21. The number of benzene rings is 1. The fourth-order valence-electron chi connectivity index (χ4n) is 5.86. The summed E-state index contributed by atoms with van der Waals surface area (Å²) in [5, 5.41) is 11.8. The highest BCUT2D eigenvalue weighted by Crippen LogP contribution is 2.45. The second-order valence-electron chi connectivity index (χ2n) is 10.1. The number of carbonyl (C=O) groups is 2. The zero-order valence-electron chi connectivity index (χ0n) is 18.7. The molecule has 0 saturated heterocycles. The van der Waals surface area contributed by atoms with Crippen molar-refractivity contribution >= 4 is 28.4 Å². The zero-order valence-corrected chi connectivity index (χ0v) is 18.7. The number of rotatable bonds is 3. The molecule has 1 aliphatic heterocycles. The molecule has 1 saturated carbocycles. The molecule has 0 bridgehead atoms. The Labute approximate surface area is 187 Å². The lowest BCUT2D eigenvalue weighted by molar-refractivity contribution is -0.125. The number of anilines is 1. The molecule has 2 aliphatic carbocycles. The number of aromatic nitrogens is 3. The van der Waals surface area contributed by atoms with E-state index in [9.17, 15) is 9.59 Å². The Morgan fingerprint density at radius 3 is 2.84 bits per heavy atom. The molecule has 7 nitrogen and oxygen atoms in total. The highest BCUT2D eigenvalue weighted by atomic mass is 16.2. The maximum atomic E-state index is 13.4. The number of hydrogen-bond acceptors (Lipinski definition) is 3. The lowest BCUT2D eigenvalue weighted by Crippen LogP contribution is -2.44. The van der Waals surface area contributed by atoms with Gasteiger partial charge in [-0.05, 0) is 74.8 Å². The van der Waals surface area contributed by atoms with Gasteiger partial charge in [-0.1, -0.05) is 12.8 Å². The molecule has 7 heteroatoms. The first-order valence-corrected chi connectivity index (χ1v) is 11.8. The molecule has 3 aliphatic rings. The molecular formula is C25H29N5O2. The quantitative estimate of drug-likeness (QED) is 0.590. The van der Waals surface area contributed by atoms with Crippen molar-refractivity contribution in [3.8, 4) is 11.4 Å². The normalized spacial score (nSPS) is 19.7. The topological polar surface area (TPSA) is 93.9 Å². The molecule has 3 heterocycles. The number of hydrogen-bond donors (Lipinski definition) is 3. The molecule has 32 heavy (non-hydrogen) atoms. The molecule has 3 N–H and O–H groups in total. The van der Waals surface area contributed by atoms with E-state index in [1.807, 2.05) is 20.0 Å². The molecular weight excluding hydrogens is 402 g/mol. The number of amides is 2. The highest BCUT2D eigenvalue weighted by molar-refractivity contribution is 6.12. The molecule has 2 amide bonds. The second-order valence-corrected chi connectivity index (χ2v) is 10.1. The van der Waals surface area contributed by atoms with Crippen LogP contribution in [0.4, 0.5) is 5.69 Å². The Hall–Kier alpha value is -3.09. The van der Waals surface area contributed by atoms with Crippen LogP contribution in [0.1, 0.15) is 62.6 Å². The van der Waals surface area contributed by atoms with E-state index in [4.69, 9.17) is 0 Å². The summed E-state index contributed by atoms with van der Waals surface area (Å²) in [5.41, 5.74) is 6.76. The van der Waals surface area contributed by atoms with Crippen LogP contribution in [-0.4, -0.2) is 39.6 Å². The summed E-state index contributed by atoms with van der Waals surface area (Å²) in [7, 11) is 0. The van der Waals surface area contributed by atoms with E-state index in [-0.39, 0.29) is 24.4 Å². The third-order valence-corrected chi connectivity index (χ3v) is 7.62. The molecule has 0 spiro atoms. The van der Waals surface area contributed by atoms with Gasteiger partial charge in [0, 0.05) is 28.8 Å². The Balaban J connectivity index is 1.42. The van der Waals surface area contributed by atoms with Crippen molar-refractivity contribution in [1.29, 1.82) is 0 Å². The first kappa shape index (κ1) is 19.6. The van der Waals surface area contributed by atoms with Crippen LogP contribution in [0.15, 0.2) is 18.3 Å². The van der Waals surface area contributed by atoms with E-state index in [2.05, 4.69) is 32.6 Å². The summed E-state index contributed by atoms with van der Waals surface area (Å²) in [4.78, 5) is 31.4. The first-order valence-electron chi connectivity index (χ1n) is 11.8. The van der Waals surface area contributed by atoms with E-state index in [0.29, 0.717) is 0 Å². The van der Waals surface area contributed by atoms with Crippen molar-refractivity contribution in [1.82, 2.24) is 20.5 Å². The van der Waals surface area contributed by atoms with Gasteiger partial charge in [-0.25, -0.2) is 0 Å². The molecule has 166 valence electrons. The van der Waals surface area contributed by atoms with E-state index < -0.39 is 5.41 Å². The van der Waals surface area contributed by atoms with Gasteiger partial charge >= 0.3 is 0 Å². The van der Waals surface area contributed by atoms with Crippen LogP contribution >= 0.6 is 0 Å². The molecule has 1 aromatic carbocycles.